The molecule has 0 aliphatic rings. The van der Waals surface area contributed by atoms with Crippen molar-refractivity contribution < 1.29 is 19.8 Å². The van der Waals surface area contributed by atoms with E-state index in [0.717, 1.165) is 17.0 Å². The van der Waals surface area contributed by atoms with E-state index in [1.165, 1.54) is 12.1 Å². The lowest BCUT2D eigenvalue weighted by molar-refractivity contribution is -0.137. The van der Waals surface area contributed by atoms with E-state index in [4.69, 9.17) is 10.9 Å². The van der Waals surface area contributed by atoms with Crippen LogP contribution in [0.25, 0.3) is 0 Å². The van der Waals surface area contributed by atoms with Crippen molar-refractivity contribution in [3.05, 3.63) is 59.7 Å². The first kappa shape index (κ1) is 17.5. The van der Waals surface area contributed by atoms with Crippen molar-refractivity contribution in [3.63, 3.8) is 0 Å². The fourth-order valence-electron chi connectivity index (χ4n) is 2.37. The zero-order valence-corrected chi connectivity index (χ0v) is 13.2. The third-order valence-electron chi connectivity index (χ3n) is 3.65. The molecule has 0 heterocycles. The molecule has 6 heteroatoms. The van der Waals surface area contributed by atoms with Crippen LogP contribution in [0.3, 0.4) is 0 Å². The number of anilines is 1. The molecule has 2 aromatic rings. The number of nitrogens with zero attached hydrogens (tertiary/aromatic N) is 1. The Kier molecular flexibility index (Phi) is 5.92. The van der Waals surface area contributed by atoms with Crippen LogP contribution in [0.2, 0.25) is 0 Å². The number of benzene rings is 2. The monoisotopic (exact) mass is 328 g/mol. The highest BCUT2D eigenvalue weighted by Crippen LogP contribution is 2.21. The van der Waals surface area contributed by atoms with Gasteiger partial charge in [0.05, 0.1) is 11.3 Å². The van der Waals surface area contributed by atoms with Crippen LogP contribution >= 0.6 is 0 Å². The molecule has 0 spiro atoms. The van der Waals surface area contributed by atoms with Gasteiger partial charge in [0.25, 0.3) is 5.91 Å². The van der Waals surface area contributed by atoms with Crippen molar-refractivity contribution >= 4 is 17.6 Å². The Morgan fingerprint density at radius 2 is 1.79 bits per heavy atom. The van der Waals surface area contributed by atoms with Crippen molar-refractivity contribution in [2.24, 2.45) is 5.84 Å². The van der Waals surface area contributed by atoms with Gasteiger partial charge in [0, 0.05) is 6.42 Å². The minimum Gasteiger partial charge on any atom is -0.507 e. The second kappa shape index (κ2) is 8.12. The topological polar surface area (TPSA) is 104 Å². The number of phenols is 1. The van der Waals surface area contributed by atoms with Gasteiger partial charge in [0.1, 0.15) is 5.75 Å². The fraction of sp³-hybridized carbons (Fsp3) is 0.222. The number of rotatable bonds is 7. The summed E-state index contributed by atoms with van der Waals surface area (Å²) in [5, 5.41) is 19.4. The predicted molar refractivity (Wildman–Crippen MR) is 90.7 cm³/mol. The second-order valence-corrected chi connectivity index (χ2v) is 5.46. The van der Waals surface area contributed by atoms with Crippen LogP contribution in [-0.4, -0.2) is 22.1 Å². The Labute approximate surface area is 140 Å². The number of amides is 1. The normalized spacial score (nSPS) is 10.4. The van der Waals surface area contributed by atoms with E-state index in [1.54, 1.807) is 30.3 Å². The summed E-state index contributed by atoms with van der Waals surface area (Å²) in [6.45, 7) is 0. The number of nitrogens with two attached hydrogens (primary N) is 1. The Bertz CT molecular complexity index is 730. The van der Waals surface area contributed by atoms with E-state index in [2.05, 4.69) is 0 Å². The molecular formula is C18H20N2O4. The van der Waals surface area contributed by atoms with Crippen LogP contribution in [0.4, 0.5) is 5.69 Å². The Morgan fingerprint density at radius 3 is 2.50 bits per heavy atom. The number of hydrogen-bond donors (Lipinski definition) is 3. The maximum atomic E-state index is 12.4. The van der Waals surface area contributed by atoms with Gasteiger partial charge in [-0.1, -0.05) is 24.3 Å². The van der Waals surface area contributed by atoms with Gasteiger partial charge in [-0.25, -0.2) is 10.9 Å². The highest BCUT2D eigenvalue weighted by Gasteiger charge is 2.17. The van der Waals surface area contributed by atoms with Crippen LogP contribution in [0.15, 0.2) is 48.5 Å². The largest absolute Gasteiger partial charge is 0.507 e. The molecule has 0 atom stereocenters. The molecule has 0 unspecified atom stereocenters. The molecule has 0 saturated carbocycles. The van der Waals surface area contributed by atoms with Crippen molar-refractivity contribution in [1.82, 2.24) is 0 Å². The smallest absolute Gasteiger partial charge is 0.303 e. The standard InChI is InChI=1S/C18H20N2O4/c19-20(18(24)15-9-2-3-10-16(15)21)14-8-5-7-13(12-14)6-1-4-11-17(22)23/h2-3,5,7-10,12,21H,1,4,6,11,19H2,(H,22,23). The third kappa shape index (κ3) is 4.57. The number of hydrazine groups is 1. The Balaban J connectivity index is 2.06. The fourth-order valence-corrected chi connectivity index (χ4v) is 2.37. The van der Waals surface area contributed by atoms with Crippen LogP contribution < -0.4 is 10.9 Å². The number of carbonyl (C=O) groups excluding carboxylic acids is 1. The van der Waals surface area contributed by atoms with Gasteiger partial charge in [-0.2, -0.15) is 0 Å². The lowest BCUT2D eigenvalue weighted by Crippen LogP contribution is -2.37. The molecular weight excluding hydrogens is 308 g/mol. The molecule has 0 radical (unpaired) electrons. The molecule has 2 aromatic carbocycles. The van der Waals surface area contributed by atoms with Crippen LogP contribution in [0.5, 0.6) is 5.75 Å². The van der Waals surface area contributed by atoms with Gasteiger partial charge in [-0.3, -0.25) is 9.59 Å². The molecule has 0 aliphatic carbocycles. The number of aromatic hydroxyl groups is 1. The quantitative estimate of drug-likeness (QED) is 0.314. The lowest BCUT2D eigenvalue weighted by Gasteiger charge is -2.18. The van der Waals surface area contributed by atoms with E-state index < -0.39 is 11.9 Å². The van der Waals surface area contributed by atoms with Crippen molar-refractivity contribution in [3.8, 4) is 5.75 Å². The van der Waals surface area contributed by atoms with Gasteiger partial charge >= 0.3 is 5.97 Å². The number of phenolic OH excluding ortho intramolecular Hbond substituents is 1. The summed E-state index contributed by atoms with van der Waals surface area (Å²) < 4.78 is 0. The third-order valence-corrected chi connectivity index (χ3v) is 3.65. The molecule has 4 N–H and O–H groups in total. The summed E-state index contributed by atoms with van der Waals surface area (Å²) in [6, 6.07) is 13.4. The molecule has 6 nitrogen and oxygen atoms in total. The average molecular weight is 328 g/mol. The zero-order valence-electron chi connectivity index (χ0n) is 13.2. The van der Waals surface area contributed by atoms with E-state index >= 15 is 0 Å². The average Bonchev–Trinajstić information content (AvgIpc) is 2.58. The number of aliphatic carboxylic acids is 1. The summed E-state index contributed by atoms with van der Waals surface area (Å²) in [4.78, 5) is 22.9. The summed E-state index contributed by atoms with van der Waals surface area (Å²) in [7, 11) is 0. The van der Waals surface area contributed by atoms with E-state index in [1.807, 2.05) is 6.07 Å². The molecule has 0 saturated heterocycles. The number of unbranched alkanes of at least 4 members (excludes halogenated alkanes) is 1. The molecule has 0 aromatic heterocycles. The molecule has 24 heavy (non-hydrogen) atoms. The maximum absolute atomic E-state index is 12.4. The summed E-state index contributed by atoms with van der Waals surface area (Å²) in [5.74, 6) is 4.47. The molecule has 126 valence electrons. The first-order chi connectivity index (χ1) is 11.5. The van der Waals surface area contributed by atoms with E-state index in [0.29, 0.717) is 18.5 Å². The molecule has 2 rings (SSSR count). The zero-order chi connectivity index (χ0) is 17.5. The highest BCUT2D eigenvalue weighted by molar-refractivity contribution is 6.07. The minimum atomic E-state index is -0.801. The molecule has 0 fully saturated rings. The highest BCUT2D eigenvalue weighted by atomic mass is 16.4. The molecule has 0 bridgehead atoms. The summed E-state index contributed by atoms with van der Waals surface area (Å²) in [5.41, 5.74) is 1.62. The maximum Gasteiger partial charge on any atom is 0.303 e. The number of carboxylic acids is 1. The lowest BCUT2D eigenvalue weighted by atomic mass is 10.1. The second-order valence-electron chi connectivity index (χ2n) is 5.46. The van der Waals surface area contributed by atoms with Gasteiger partial charge in [-0.15, -0.1) is 0 Å². The summed E-state index contributed by atoms with van der Waals surface area (Å²) >= 11 is 0. The van der Waals surface area contributed by atoms with Crippen molar-refractivity contribution in [2.45, 2.75) is 25.7 Å². The predicted octanol–water partition coefficient (Wildman–Crippen LogP) is 2.71. The van der Waals surface area contributed by atoms with Gasteiger partial charge in [0.15, 0.2) is 0 Å². The Morgan fingerprint density at radius 1 is 1.04 bits per heavy atom. The number of aryl methyl sites for hydroxylation is 1. The number of carbonyl (C=O) groups is 2. The van der Waals surface area contributed by atoms with Crippen LogP contribution in [0, 0.1) is 0 Å². The summed E-state index contributed by atoms with van der Waals surface area (Å²) in [6.07, 6.45) is 2.20. The van der Waals surface area contributed by atoms with E-state index in [9.17, 15) is 14.7 Å². The number of carboxylic acid groups (broad SMARTS) is 1. The number of para-hydroxylation sites is 1. The molecule has 1 amide bonds. The number of hydrogen-bond acceptors (Lipinski definition) is 4. The minimum absolute atomic E-state index is 0.122. The Hall–Kier alpha value is -2.86. The van der Waals surface area contributed by atoms with Crippen LogP contribution in [0.1, 0.15) is 35.2 Å². The van der Waals surface area contributed by atoms with Crippen LogP contribution in [-0.2, 0) is 11.2 Å². The SMILES string of the molecule is NN(C(=O)c1ccccc1O)c1cccc(CCCCC(=O)O)c1. The first-order valence-electron chi connectivity index (χ1n) is 7.67. The van der Waals surface area contributed by atoms with Crippen molar-refractivity contribution in [1.29, 1.82) is 0 Å². The van der Waals surface area contributed by atoms with Gasteiger partial charge < -0.3 is 10.2 Å². The van der Waals surface area contributed by atoms with Gasteiger partial charge in [0.2, 0.25) is 0 Å². The first-order valence-corrected chi connectivity index (χ1v) is 7.67. The van der Waals surface area contributed by atoms with E-state index in [-0.39, 0.29) is 17.7 Å². The van der Waals surface area contributed by atoms with Gasteiger partial charge in [-0.05, 0) is 49.1 Å². The molecule has 0 aliphatic heterocycles. The van der Waals surface area contributed by atoms with Crippen molar-refractivity contribution in [2.75, 3.05) is 5.01 Å².